The van der Waals surface area contributed by atoms with Crippen molar-refractivity contribution in [3.05, 3.63) is 45.9 Å². The van der Waals surface area contributed by atoms with Gasteiger partial charge in [-0.25, -0.2) is 0 Å². The Hall–Kier alpha value is -1.59. The zero-order valence-corrected chi connectivity index (χ0v) is 12.0. The average Bonchev–Trinajstić information content (AvgIpc) is 2.92. The molecule has 0 atom stereocenters. The monoisotopic (exact) mass is 292 g/mol. The fourth-order valence-corrected chi connectivity index (χ4v) is 2.70. The summed E-state index contributed by atoms with van der Waals surface area (Å²) in [5.41, 5.74) is 2.99. The van der Waals surface area contributed by atoms with E-state index in [-0.39, 0.29) is 0 Å². The predicted molar refractivity (Wildman–Crippen MR) is 79.0 cm³/mol. The number of aryl methyl sites for hydroxylation is 3. The molecule has 4 nitrogen and oxygen atoms in total. The Bertz CT molecular complexity index is 783. The fraction of sp³-hybridized carbons (Fsp3) is 0.231. The van der Waals surface area contributed by atoms with E-state index in [9.17, 15) is 0 Å². The molecule has 0 bridgehead atoms. The van der Waals surface area contributed by atoms with Crippen LogP contribution in [0.25, 0.3) is 11.0 Å². The number of para-hydroxylation sites is 1. The van der Waals surface area contributed by atoms with Gasteiger partial charge in [0.15, 0.2) is 4.77 Å². The number of benzene rings is 1. The molecule has 0 saturated heterocycles. The van der Waals surface area contributed by atoms with E-state index < -0.39 is 0 Å². The smallest absolute Gasteiger partial charge is 0.178 e. The number of rotatable bonds is 3. The number of nitrogens with one attached hydrogen (secondary N) is 1. The van der Waals surface area contributed by atoms with Crippen LogP contribution in [0.3, 0.4) is 0 Å². The molecule has 19 heavy (non-hydrogen) atoms. The second-order valence-electron chi connectivity index (χ2n) is 4.45. The number of aromatic nitrogens is 4. The van der Waals surface area contributed by atoms with Gasteiger partial charge in [-0.3, -0.25) is 4.68 Å². The lowest BCUT2D eigenvalue weighted by Gasteiger charge is -2.03. The molecule has 0 aliphatic heterocycles. The molecule has 0 aliphatic carbocycles. The molecule has 0 spiro atoms. The summed E-state index contributed by atoms with van der Waals surface area (Å²) in [6.07, 6.45) is 2.79. The first-order valence-electron chi connectivity index (χ1n) is 6.01. The summed E-state index contributed by atoms with van der Waals surface area (Å²) in [5, 5.41) is 5.07. The van der Waals surface area contributed by atoms with E-state index in [1.54, 1.807) is 4.68 Å². The van der Waals surface area contributed by atoms with Gasteiger partial charge in [0.2, 0.25) is 0 Å². The molecule has 0 saturated carbocycles. The van der Waals surface area contributed by atoms with Gasteiger partial charge in [-0.15, -0.1) is 0 Å². The van der Waals surface area contributed by atoms with E-state index in [2.05, 4.69) is 14.6 Å². The maximum atomic E-state index is 6.16. The van der Waals surface area contributed by atoms with Crippen molar-refractivity contribution in [2.45, 2.75) is 13.0 Å². The molecule has 0 radical (unpaired) electrons. The number of hydrogen-bond donors (Lipinski definition) is 1. The maximum Gasteiger partial charge on any atom is 0.178 e. The Morgan fingerprint density at radius 2 is 2.21 bits per heavy atom. The Kier molecular flexibility index (Phi) is 3.16. The van der Waals surface area contributed by atoms with Crippen LogP contribution in [0.15, 0.2) is 30.5 Å². The first-order valence-corrected chi connectivity index (χ1v) is 6.79. The van der Waals surface area contributed by atoms with Crippen LogP contribution >= 0.6 is 23.8 Å². The maximum absolute atomic E-state index is 6.16. The van der Waals surface area contributed by atoms with Gasteiger partial charge in [0.1, 0.15) is 0 Å². The quantitative estimate of drug-likeness (QED) is 0.752. The van der Waals surface area contributed by atoms with Gasteiger partial charge in [-0.1, -0.05) is 17.7 Å². The molecular formula is C13H13ClN4S. The number of imidazole rings is 1. The number of nitrogens with zero attached hydrogens (tertiary/aromatic N) is 3. The minimum Gasteiger partial charge on any atom is -0.329 e. The van der Waals surface area contributed by atoms with E-state index in [1.807, 2.05) is 37.5 Å². The van der Waals surface area contributed by atoms with Crippen LogP contribution in [-0.4, -0.2) is 19.3 Å². The van der Waals surface area contributed by atoms with Gasteiger partial charge in [0.05, 0.1) is 21.7 Å². The molecule has 3 rings (SSSR count). The molecule has 98 valence electrons. The van der Waals surface area contributed by atoms with Crippen LogP contribution < -0.4 is 0 Å². The van der Waals surface area contributed by atoms with Crippen LogP contribution in [0.4, 0.5) is 0 Å². The molecule has 3 aromatic rings. The molecule has 0 amide bonds. The van der Waals surface area contributed by atoms with E-state index in [0.717, 1.165) is 29.7 Å². The highest BCUT2D eigenvalue weighted by Gasteiger charge is 2.07. The van der Waals surface area contributed by atoms with Crippen molar-refractivity contribution >= 4 is 34.9 Å². The third kappa shape index (κ3) is 2.31. The normalized spacial score (nSPS) is 11.3. The lowest BCUT2D eigenvalue weighted by Crippen LogP contribution is -2.02. The van der Waals surface area contributed by atoms with Crippen LogP contribution in [0, 0.1) is 4.77 Å². The summed E-state index contributed by atoms with van der Waals surface area (Å²) >= 11 is 11.5. The van der Waals surface area contributed by atoms with Crippen molar-refractivity contribution in [2.24, 2.45) is 7.05 Å². The molecule has 6 heteroatoms. The molecular weight excluding hydrogens is 280 g/mol. The van der Waals surface area contributed by atoms with Gasteiger partial charge in [-0.2, -0.15) is 5.10 Å². The van der Waals surface area contributed by atoms with Gasteiger partial charge in [-0.05, 0) is 30.4 Å². The molecule has 0 aliphatic rings. The molecule has 1 aromatic carbocycles. The topological polar surface area (TPSA) is 38.5 Å². The Balaban J connectivity index is 1.95. The van der Waals surface area contributed by atoms with Crippen LogP contribution in [0.1, 0.15) is 5.69 Å². The van der Waals surface area contributed by atoms with Gasteiger partial charge >= 0.3 is 0 Å². The number of hydrogen-bond acceptors (Lipinski definition) is 2. The highest BCUT2D eigenvalue weighted by Crippen LogP contribution is 2.22. The Morgan fingerprint density at radius 1 is 1.37 bits per heavy atom. The molecule has 2 aromatic heterocycles. The Labute approximate surface area is 120 Å². The highest BCUT2D eigenvalue weighted by molar-refractivity contribution is 7.71. The minimum absolute atomic E-state index is 0.694. The largest absolute Gasteiger partial charge is 0.329 e. The van der Waals surface area contributed by atoms with Crippen molar-refractivity contribution in [3.8, 4) is 0 Å². The summed E-state index contributed by atoms with van der Waals surface area (Å²) in [6, 6.07) is 7.83. The van der Waals surface area contributed by atoms with E-state index in [0.29, 0.717) is 9.79 Å². The fourth-order valence-electron chi connectivity index (χ4n) is 2.19. The summed E-state index contributed by atoms with van der Waals surface area (Å²) < 4.78 is 4.56. The number of H-pyrrole nitrogens is 1. The van der Waals surface area contributed by atoms with Gasteiger partial charge in [0, 0.05) is 26.2 Å². The van der Waals surface area contributed by atoms with Gasteiger partial charge in [0.25, 0.3) is 0 Å². The summed E-state index contributed by atoms with van der Waals surface area (Å²) in [7, 11) is 1.92. The van der Waals surface area contributed by atoms with Crippen molar-refractivity contribution in [3.63, 3.8) is 0 Å². The Morgan fingerprint density at radius 3 is 2.95 bits per heavy atom. The van der Waals surface area contributed by atoms with Crippen LogP contribution in [0.5, 0.6) is 0 Å². The average molecular weight is 293 g/mol. The lowest BCUT2D eigenvalue weighted by atomic mass is 10.3. The van der Waals surface area contributed by atoms with E-state index in [4.69, 9.17) is 23.8 Å². The van der Waals surface area contributed by atoms with E-state index >= 15 is 0 Å². The third-order valence-electron chi connectivity index (χ3n) is 3.12. The van der Waals surface area contributed by atoms with Crippen molar-refractivity contribution in [2.75, 3.05) is 0 Å². The first kappa shape index (κ1) is 12.4. The highest BCUT2D eigenvalue weighted by atomic mass is 35.5. The van der Waals surface area contributed by atoms with Crippen molar-refractivity contribution in [1.82, 2.24) is 19.3 Å². The molecule has 0 unspecified atom stereocenters. The SMILES string of the molecule is Cn1ccc(CCn2c(=S)[nH]c3c(Cl)cccc32)n1. The van der Waals surface area contributed by atoms with Crippen molar-refractivity contribution in [1.29, 1.82) is 0 Å². The van der Waals surface area contributed by atoms with Crippen LogP contribution in [0.2, 0.25) is 5.02 Å². The van der Waals surface area contributed by atoms with Gasteiger partial charge < -0.3 is 9.55 Å². The standard InChI is InChI=1S/C13H13ClN4S/c1-17-7-5-9(16-17)6-8-18-11-4-2-3-10(14)12(11)15-13(18)19/h2-5,7H,6,8H2,1H3,(H,15,19). The zero-order chi connectivity index (χ0) is 13.4. The molecule has 1 N–H and O–H groups in total. The molecule has 2 heterocycles. The first-order chi connectivity index (χ1) is 9.15. The summed E-state index contributed by atoms with van der Waals surface area (Å²) in [4.78, 5) is 3.16. The molecule has 0 fully saturated rings. The number of fused-ring (bicyclic) bond motifs is 1. The van der Waals surface area contributed by atoms with Crippen molar-refractivity contribution < 1.29 is 0 Å². The number of aromatic amines is 1. The van der Waals surface area contributed by atoms with E-state index in [1.165, 1.54) is 0 Å². The second-order valence-corrected chi connectivity index (χ2v) is 5.24. The predicted octanol–water partition coefficient (Wildman–Crippen LogP) is 3.33. The second kappa shape index (κ2) is 4.83. The minimum atomic E-state index is 0.694. The van der Waals surface area contributed by atoms with Crippen LogP contribution in [-0.2, 0) is 20.0 Å². The summed E-state index contributed by atoms with van der Waals surface area (Å²) in [5.74, 6) is 0. The third-order valence-corrected chi connectivity index (χ3v) is 3.76. The summed E-state index contributed by atoms with van der Waals surface area (Å²) in [6.45, 7) is 0.788. The number of halogens is 1. The lowest BCUT2D eigenvalue weighted by molar-refractivity contribution is 0.671. The zero-order valence-electron chi connectivity index (χ0n) is 10.4.